The fourth-order valence-corrected chi connectivity index (χ4v) is 4.72. The number of hydroxylamine groups is 2. The maximum atomic E-state index is 13.0. The van der Waals surface area contributed by atoms with Gasteiger partial charge in [0.15, 0.2) is 0 Å². The number of quaternary nitrogens is 1. The molecule has 4 rings (SSSR count). The largest absolute Gasteiger partial charge is 0.627 e. The number of nitrogens with zero attached hydrogens (tertiary/aromatic N) is 2. The predicted molar refractivity (Wildman–Crippen MR) is 122 cm³/mol. The monoisotopic (exact) mass is 428 g/mol. The lowest BCUT2D eigenvalue weighted by Gasteiger charge is -2.44. The minimum atomic E-state index is -0.895. The average Bonchev–Trinajstić information content (AvgIpc) is 2.75. The quantitative estimate of drug-likeness (QED) is 0.346. The Kier molecular flexibility index (Phi) is 5.82. The molecular weight excluding hydrogens is 404 g/mol. The van der Waals surface area contributed by atoms with Crippen LogP contribution < -0.4 is 26.6 Å². The van der Waals surface area contributed by atoms with Crippen molar-refractivity contribution in [2.75, 3.05) is 48.3 Å². The van der Waals surface area contributed by atoms with Crippen molar-refractivity contribution >= 4 is 44.6 Å². The Hall–Kier alpha value is -2.79. The van der Waals surface area contributed by atoms with E-state index in [1.54, 1.807) is 36.5 Å². The fraction of sp³-hybridized carbons (Fsp3) is 0.300. The Balaban J connectivity index is 1.63. The van der Waals surface area contributed by atoms with Crippen molar-refractivity contribution in [3.8, 4) is 0 Å². The standard InChI is InChI=1S/C20H24N6O3S/c21-6-8-22-17-13-14-5-7-23-20(27)18(14)19(25-17)24-15-1-3-16(4-2-15)26(28)9-11-30(29)12-10-26/h1-5,7,13H,6,8-12,21H2,(H,23,27)(H2,22,24,25). The number of rotatable bonds is 6. The number of aromatic amines is 1. The number of benzene rings is 1. The molecule has 0 amide bonds. The van der Waals surface area contributed by atoms with Gasteiger partial charge >= 0.3 is 0 Å². The van der Waals surface area contributed by atoms with E-state index in [2.05, 4.69) is 20.6 Å². The van der Waals surface area contributed by atoms with E-state index in [-0.39, 0.29) is 5.56 Å². The molecule has 1 fully saturated rings. The summed E-state index contributed by atoms with van der Waals surface area (Å²) in [5.41, 5.74) is 6.66. The van der Waals surface area contributed by atoms with Gasteiger partial charge in [0, 0.05) is 47.9 Å². The van der Waals surface area contributed by atoms with Crippen molar-refractivity contribution < 1.29 is 4.21 Å². The molecule has 1 saturated heterocycles. The van der Waals surface area contributed by atoms with Gasteiger partial charge in [0.2, 0.25) is 0 Å². The summed E-state index contributed by atoms with van der Waals surface area (Å²) in [6, 6.07) is 10.7. The maximum absolute atomic E-state index is 13.0. The number of fused-ring (bicyclic) bond motifs is 1. The molecule has 30 heavy (non-hydrogen) atoms. The van der Waals surface area contributed by atoms with Gasteiger partial charge in [-0.05, 0) is 29.7 Å². The number of nitrogens with one attached hydrogen (secondary N) is 3. The first-order valence-electron chi connectivity index (χ1n) is 9.76. The Morgan fingerprint density at radius 3 is 2.63 bits per heavy atom. The molecule has 1 aromatic carbocycles. The van der Waals surface area contributed by atoms with Gasteiger partial charge < -0.3 is 31.2 Å². The molecule has 9 nitrogen and oxygen atoms in total. The molecule has 2 aromatic heterocycles. The topological polar surface area (TPSA) is 136 Å². The van der Waals surface area contributed by atoms with E-state index in [0.717, 1.165) is 5.39 Å². The third kappa shape index (κ3) is 4.21. The van der Waals surface area contributed by atoms with E-state index in [1.807, 2.05) is 6.07 Å². The predicted octanol–water partition coefficient (Wildman–Crippen LogP) is 1.60. The molecule has 3 aromatic rings. The highest BCUT2D eigenvalue weighted by molar-refractivity contribution is 7.85. The van der Waals surface area contributed by atoms with Crippen LogP contribution in [0.2, 0.25) is 0 Å². The number of pyridine rings is 2. The molecule has 10 heteroatoms. The highest BCUT2D eigenvalue weighted by atomic mass is 32.2. The summed E-state index contributed by atoms with van der Waals surface area (Å²) in [5.74, 6) is 1.87. The van der Waals surface area contributed by atoms with Gasteiger partial charge in [0.05, 0.1) is 30.0 Å². The van der Waals surface area contributed by atoms with Gasteiger partial charge in [-0.1, -0.05) is 0 Å². The fourth-order valence-electron chi connectivity index (χ4n) is 3.52. The van der Waals surface area contributed by atoms with Gasteiger partial charge in [-0.25, -0.2) is 4.98 Å². The van der Waals surface area contributed by atoms with Crippen molar-refractivity contribution in [3.05, 3.63) is 58.2 Å². The first-order chi connectivity index (χ1) is 14.5. The van der Waals surface area contributed by atoms with Gasteiger partial charge in [-0.2, -0.15) is 0 Å². The molecule has 1 aliphatic heterocycles. The third-order valence-corrected chi connectivity index (χ3v) is 6.44. The van der Waals surface area contributed by atoms with Gasteiger partial charge in [-0.3, -0.25) is 9.00 Å². The molecule has 0 aliphatic carbocycles. The molecule has 0 saturated carbocycles. The summed E-state index contributed by atoms with van der Waals surface area (Å²) in [4.78, 5) is 19.6. The molecule has 0 bridgehead atoms. The lowest BCUT2D eigenvalue weighted by Crippen LogP contribution is -2.52. The average molecular weight is 429 g/mol. The van der Waals surface area contributed by atoms with E-state index >= 15 is 0 Å². The first-order valence-corrected chi connectivity index (χ1v) is 11.2. The molecule has 158 valence electrons. The number of hydrogen-bond acceptors (Lipinski definition) is 7. The van der Waals surface area contributed by atoms with Crippen LogP contribution in [0.1, 0.15) is 0 Å². The highest BCUT2D eigenvalue weighted by Gasteiger charge is 2.27. The van der Waals surface area contributed by atoms with E-state index < -0.39 is 15.4 Å². The van der Waals surface area contributed by atoms with E-state index in [9.17, 15) is 14.2 Å². The molecule has 3 heterocycles. The summed E-state index contributed by atoms with van der Waals surface area (Å²) < 4.78 is 11.1. The SMILES string of the molecule is NCCNc1cc2cc[nH]c(=O)c2c(Nc2ccc([N+]3([O-])CCS(=O)CC3)cc2)n1. The number of hydrogen-bond donors (Lipinski definition) is 4. The zero-order valence-electron chi connectivity index (χ0n) is 16.4. The highest BCUT2D eigenvalue weighted by Crippen LogP contribution is 2.29. The molecule has 5 N–H and O–H groups in total. The molecule has 1 aliphatic rings. The van der Waals surface area contributed by atoms with Crippen LogP contribution in [0.4, 0.5) is 23.0 Å². The summed E-state index contributed by atoms with van der Waals surface area (Å²) in [7, 11) is -0.895. The van der Waals surface area contributed by atoms with Gasteiger partial charge in [0.1, 0.15) is 17.3 Å². The van der Waals surface area contributed by atoms with Crippen LogP contribution >= 0.6 is 0 Å². The zero-order valence-corrected chi connectivity index (χ0v) is 17.2. The summed E-state index contributed by atoms with van der Waals surface area (Å²) >= 11 is 0. The molecule has 0 unspecified atom stereocenters. The summed E-state index contributed by atoms with van der Waals surface area (Å²) in [6.45, 7) is 1.65. The Bertz CT molecular complexity index is 1120. The lowest BCUT2D eigenvalue weighted by atomic mass is 10.2. The van der Waals surface area contributed by atoms with Gasteiger partial charge in [-0.15, -0.1) is 0 Å². The van der Waals surface area contributed by atoms with E-state index in [0.29, 0.717) is 66.1 Å². The first kappa shape index (κ1) is 20.5. The van der Waals surface area contributed by atoms with E-state index in [1.165, 1.54) is 0 Å². The van der Waals surface area contributed by atoms with Crippen LogP contribution in [0.3, 0.4) is 0 Å². The maximum Gasteiger partial charge on any atom is 0.259 e. The molecular formula is C20H24N6O3S. The lowest BCUT2D eigenvalue weighted by molar-refractivity contribution is 0.402. The summed E-state index contributed by atoms with van der Waals surface area (Å²) in [5, 5.41) is 20.5. The molecule has 0 spiro atoms. The zero-order chi connectivity index (χ0) is 21.1. The van der Waals surface area contributed by atoms with Crippen LogP contribution in [0.5, 0.6) is 0 Å². The second-order valence-electron chi connectivity index (χ2n) is 7.20. The second kappa shape index (κ2) is 8.52. The van der Waals surface area contributed by atoms with Crippen molar-refractivity contribution in [3.63, 3.8) is 0 Å². The van der Waals surface area contributed by atoms with Crippen LogP contribution in [0, 0.1) is 5.21 Å². The van der Waals surface area contributed by atoms with Gasteiger partial charge in [0.25, 0.3) is 5.56 Å². The Labute approximate surface area is 175 Å². The Morgan fingerprint density at radius 1 is 1.20 bits per heavy atom. The van der Waals surface area contributed by atoms with Crippen LogP contribution in [-0.2, 0) is 10.8 Å². The van der Waals surface area contributed by atoms with Crippen molar-refractivity contribution in [1.29, 1.82) is 0 Å². The van der Waals surface area contributed by atoms with Crippen LogP contribution in [-0.4, -0.2) is 51.9 Å². The summed E-state index contributed by atoms with van der Waals surface area (Å²) in [6.07, 6.45) is 1.60. The van der Waals surface area contributed by atoms with Crippen molar-refractivity contribution in [2.45, 2.75) is 0 Å². The molecule has 0 atom stereocenters. The molecule has 0 radical (unpaired) electrons. The number of aromatic nitrogens is 2. The smallest absolute Gasteiger partial charge is 0.259 e. The second-order valence-corrected chi connectivity index (χ2v) is 8.90. The number of nitrogens with two attached hydrogens (primary N) is 1. The van der Waals surface area contributed by atoms with Crippen LogP contribution in [0.25, 0.3) is 10.8 Å². The minimum absolute atomic E-state index is 0.241. The van der Waals surface area contributed by atoms with E-state index in [4.69, 9.17) is 5.73 Å². The van der Waals surface area contributed by atoms with Crippen LogP contribution in [0.15, 0.2) is 47.4 Å². The van der Waals surface area contributed by atoms with Crippen molar-refractivity contribution in [2.24, 2.45) is 5.73 Å². The minimum Gasteiger partial charge on any atom is -0.627 e. The number of anilines is 3. The number of H-pyrrole nitrogens is 1. The third-order valence-electron chi connectivity index (χ3n) is 5.17. The normalized spacial score (nSPS) is 21.5. The Morgan fingerprint density at radius 2 is 1.93 bits per heavy atom. The van der Waals surface area contributed by atoms with Crippen molar-refractivity contribution in [1.82, 2.24) is 14.6 Å².